The minimum absolute atomic E-state index is 0.246. The normalized spacial score (nSPS) is 24.3. The van der Waals surface area contributed by atoms with Gasteiger partial charge in [-0.2, -0.15) is 0 Å². The Balaban J connectivity index is 2.17. The highest BCUT2D eigenvalue weighted by molar-refractivity contribution is 6.12. The van der Waals surface area contributed by atoms with Gasteiger partial charge in [0.05, 0.1) is 18.8 Å². The topological polar surface area (TPSA) is 81.7 Å². The highest BCUT2D eigenvalue weighted by Gasteiger charge is 2.47. The summed E-state index contributed by atoms with van der Waals surface area (Å²) in [5.41, 5.74) is 2.19. The summed E-state index contributed by atoms with van der Waals surface area (Å²) >= 11 is 0. The second kappa shape index (κ2) is 9.04. The van der Waals surface area contributed by atoms with Gasteiger partial charge < -0.3 is 14.8 Å². The lowest BCUT2D eigenvalue weighted by Crippen LogP contribution is -2.43. The van der Waals surface area contributed by atoms with Crippen molar-refractivity contribution in [2.75, 3.05) is 7.11 Å². The molecule has 0 amide bonds. The molecule has 0 aromatic heterocycles. The van der Waals surface area contributed by atoms with Crippen LogP contribution in [-0.2, 0) is 23.9 Å². The molecule has 7 heteroatoms. The van der Waals surface area contributed by atoms with Crippen molar-refractivity contribution in [2.45, 2.75) is 52.6 Å². The molecule has 4 atom stereocenters. The lowest BCUT2D eigenvalue weighted by Gasteiger charge is -2.38. The third-order valence-electron chi connectivity index (χ3n) is 6.03. The molecule has 0 unspecified atom stereocenters. The number of ketones is 1. The van der Waals surface area contributed by atoms with Crippen molar-refractivity contribution >= 4 is 17.7 Å². The first-order chi connectivity index (χ1) is 14.7. The average molecular weight is 429 g/mol. The zero-order valence-electron chi connectivity index (χ0n) is 18.5. The fourth-order valence-electron chi connectivity index (χ4n) is 4.30. The molecule has 0 spiro atoms. The van der Waals surface area contributed by atoms with Gasteiger partial charge in [-0.25, -0.2) is 9.18 Å². The zero-order valence-corrected chi connectivity index (χ0v) is 18.5. The minimum Gasteiger partial charge on any atom is -0.468 e. The number of allylic oxidation sites excluding steroid dienone is 3. The standard InChI is InChI=1S/C24H28FNO5/c1-6-13(3)31-24(29)19-14(4)26-17-10-12(2)18(23(28)30-5)22(27)21(17)20(19)15-8-7-9-16(25)11-15/h7-9,11-13,18,20,26H,6,10H2,1-5H3/t12-,13-,18+,20+/m0/s1. The Morgan fingerprint density at radius 3 is 2.65 bits per heavy atom. The van der Waals surface area contributed by atoms with Crippen molar-refractivity contribution in [3.05, 3.63) is 58.2 Å². The fourth-order valence-corrected chi connectivity index (χ4v) is 4.30. The van der Waals surface area contributed by atoms with Crippen LogP contribution in [0.3, 0.4) is 0 Å². The number of dihydropyridines is 1. The summed E-state index contributed by atoms with van der Waals surface area (Å²) in [6.07, 6.45) is 0.740. The first-order valence-corrected chi connectivity index (χ1v) is 10.5. The van der Waals surface area contributed by atoms with Gasteiger partial charge in [0, 0.05) is 22.9 Å². The molecule has 0 fully saturated rings. The van der Waals surface area contributed by atoms with E-state index in [1.54, 1.807) is 19.9 Å². The molecule has 1 heterocycles. The predicted octanol–water partition coefficient (Wildman–Crippen LogP) is 3.78. The van der Waals surface area contributed by atoms with Crippen LogP contribution in [0.25, 0.3) is 0 Å². The summed E-state index contributed by atoms with van der Waals surface area (Å²) in [4.78, 5) is 39.0. The van der Waals surface area contributed by atoms with Crippen LogP contribution in [0.2, 0.25) is 0 Å². The maximum absolute atomic E-state index is 14.1. The number of rotatable bonds is 5. The first kappa shape index (κ1) is 22.7. The number of halogens is 1. The third-order valence-corrected chi connectivity index (χ3v) is 6.03. The summed E-state index contributed by atoms with van der Waals surface area (Å²) in [6, 6.07) is 5.82. The van der Waals surface area contributed by atoms with Crippen molar-refractivity contribution in [3.8, 4) is 0 Å². The Morgan fingerprint density at radius 1 is 1.32 bits per heavy atom. The fraction of sp³-hybridized carbons (Fsp3) is 0.458. The number of carbonyl (C=O) groups is 3. The van der Waals surface area contributed by atoms with Crippen molar-refractivity contribution in [2.24, 2.45) is 11.8 Å². The van der Waals surface area contributed by atoms with Gasteiger partial charge in [-0.15, -0.1) is 0 Å². The van der Waals surface area contributed by atoms with Crippen LogP contribution < -0.4 is 5.32 Å². The van der Waals surface area contributed by atoms with Crippen LogP contribution in [-0.4, -0.2) is 30.9 Å². The summed E-state index contributed by atoms with van der Waals surface area (Å²) in [5, 5.41) is 3.18. The van der Waals surface area contributed by atoms with E-state index in [4.69, 9.17) is 9.47 Å². The van der Waals surface area contributed by atoms with Gasteiger partial charge in [0.1, 0.15) is 11.7 Å². The molecule has 3 rings (SSSR count). The van der Waals surface area contributed by atoms with Crippen LogP contribution in [0, 0.1) is 17.7 Å². The van der Waals surface area contributed by atoms with Gasteiger partial charge in [0.25, 0.3) is 0 Å². The number of hydrogen-bond acceptors (Lipinski definition) is 6. The number of ether oxygens (including phenoxy) is 2. The van der Waals surface area contributed by atoms with E-state index < -0.39 is 35.4 Å². The van der Waals surface area contributed by atoms with E-state index >= 15 is 0 Å². The number of nitrogens with one attached hydrogen (secondary N) is 1. The maximum Gasteiger partial charge on any atom is 0.337 e. The quantitative estimate of drug-likeness (QED) is 0.567. The van der Waals surface area contributed by atoms with Gasteiger partial charge in [-0.3, -0.25) is 9.59 Å². The van der Waals surface area contributed by atoms with E-state index in [-0.39, 0.29) is 17.6 Å². The molecule has 0 bridgehead atoms. The monoisotopic (exact) mass is 429 g/mol. The van der Waals surface area contributed by atoms with Gasteiger partial charge in [0.15, 0.2) is 5.78 Å². The molecule has 1 N–H and O–H groups in total. The van der Waals surface area contributed by atoms with Gasteiger partial charge in [0.2, 0.25) is 0 Å². The van der Waals surface area contributed by atoms with E-state index in [9.17, 15) is 18.8 Å². The van der Waals surface area contributed by atoms with Crippen molar-refractivity contribution in [1.82, 2.24) is 5.32 Å². The number of Topliss-reactive ketones (excluding diaryl/α,β-unsaturated/α-hetero) is 1. The molecule has 0 radical (unpaired) electrons. The van der Waals surface area contributed by atoms with Crippen molar-refractivity contribution < 1.29 is 28.2 Å². The minimum atomic E-state index is -0.980. The number of methoxy groups -OCH3 is 1. The van der Waals surface area contributed by atoms with Crippen LogP contribution in [0.1, 0.15) is 52.0 Å². The molecular formula is C24H28FNO5. The number of carbonyl (C=O) groups excluding carboxylic acids is 3. The van der Waals surface area contributed by atoms with Gasteiger partial charge in [-0.1, -0.05) is 26.0 Å². The third kappa shape index (κ3) is 4.27. The Hall–Kier alpha value is -2.96. The lowest BCUT2D eigenvalue weighted by molar-refractivity contribution is -0.151. The molecule has 0 saturated carbocycles. The molecular weight excluding hydrogens is 401 g/mol. The highest BCUT2D eigenvalue weighted by atomic mass is 19.1. The summed E-state index contributed by atoms with van der Waals surface area (Å²) in [6.45, 7) is 7.24. The van der Waals surface area contributed by atoms with Crippen LogP contribution in [0.4, 0.5) is 4.39 Å². The van der Waals surface area contributed by atoms with E-state index in [1.807, 2.05) is 13.8 Å². The molecule has 6 nitrogen and oxygen atoms in total. The second-order valence-electron chi connectivity index (χ2n) is 8.21. The van der Waals surface area contributed by atoms with Crippen molar-refractivity contribution in [1.29, 1.82) is 0 Å². The summed E-state index contributed by atoms with van der Waals surface area (Å²) in [7, 11) is 1.24. The van der Waals surface area contributed by atoms with Crippen molar-refractivity contribution in [3.63, 3.8) is 0 Å². The average Bonchev–Trinajstić information content (AvgIpc) is 2.72. The number of hydrogen-bond donors (Lipinski definition) is 1. The molecule has 2 aliphatic rings. The molecule has 1 aliphatic heterocycles. The van der Waals surface area contributed by atoms with Crippen LogP contribution >= 0.6 is 0 Å². The number of esters is 2. The zero-order chi connectivity index (χ0) is 22.9. The second-order valence-corrected chi connectivity index (χ2v) is 8.21. The van der Waals surface area contributed by atoms with Crippen LogP contribution in [0.15, 0.2) is 46.8 Å². The van der Waals surface area contributed by atoms with Crippen LogP contribution in [0.5, 0.6) is 0 Å². The van der Waals surface area contributed by atoms with Gasteiger partial charge >= 0.3 is 11.9 Å². The molecule has 1 aromatic carbocycles. The Bertz CT molecular complexity index is 980. The van der Waals surface area contributed by atoms with E-state index in [2.05, 4.69) is 5.32 Å². The molecule has 0 saturated heterocycles. The maximum atomic E-state index is 14.1. The van der Waals surface area contributed by atoms with E-state index in [0.29, 0.717) is 35.4 Å². The Kier molecular flexibility index (Phi) is 6.62. The largest absolute Gasteiger partial charge is 0.468 e. The predicted molar refractivity (Wildman–Crippen MR) is 112 cm³/mol. The number of benzene rings is 1. The van der Waals surface area contributed by atoms with E-state index in [1.165, 1.54) is 25.3 Å². The summed E-state index contributed by atoms with van der Waals surface area (Å²) in [5.74, 6) is -4.17. The first-order valence-electron chi connectivity index (χ1n) is 10.5. The Labute approximate surface area is 181 Å². The molecule has 166 valence electrons. The molecule has 31 heavy (non-hydrogen) atoms. The smallest absolute Gasteiger partial charge is 0.337 e. The highest BCUT2D eigenvalue weighted by Crippen LogP contribution is 2.45. The lowest BCUT2D eigenvalue weighted by atomic mass is 9.69. The van der Waals surface area contributed by atoms with Gasteiger partial charge in [-0.05, 0) is 50.3 Å². The van der Waals surface area contributed by atoms with E-state index in [0.717, 1.165) is 0 Å². The summed E-state index contributed by atoms with van der Waals surface area (Å²) < 4.78 is 24.6. The Morgan fingerprint density at radius 2 is 2.03 bits per heavy atom. The SMILES string of the molecule is CC[C@H](C)OC(=O)C1=C(C)NC2=C(C(=O)[C@H](C(=O)OC)[C@@H](C)C2)[C@@H]1c1cccc(F)c1. The molecule has 1 aromatic rings. The molecule has 1 aliphatic carbocycles.